The zero-order valence-corrected chi connectivity index (χ0v) is 10.00. The minimum absolute atomic E-state index is 0.289. The summed E-state index contributed by atoms with van der Waals surface area (Å²) in [7, 11) is 1.96. The van der Waals surface area contributed by atoms with Gasteiger partial charge in [0.05, 0.1) is 5.51 Å². The topological polar surface area (TPSA) is 50.9 Å². The Morgan fingerprint density at radius 2 is 2.25 bits per heavy atom. The predicted molar refractivity (Wildman–Crippen MR) is 68.5 cm³/mol. The molecule has 2 rings (SSSR count). The van der Waals surface area contributed by atoms with Gasteiger partial charge < -0.3 is 11.1 Å². The molecule has 0 aliphatic heterocycles. The number of rotatable bonds is 4. The van der Waals surface area contributed by atoms with Gasteiger partial charge in [-0.15, -0.1) is 11.3 Å². The van der Waals surface area contributed by atoms with E-state index in [4.69, 9.17) is 5.73 Å². The number of nitrogens with two attached hydrogens (primary N) is 1. The van der Waals surface area contributed by atoms with Gasteiger partial charge >= 0.3 is 0 Å². The first-order valence-corrected chi connectivity index (χ1v) is 6.08. The summed E-state index contributed by atoms with van der Waals surface area (Å²) in [6, 6.07) is 8.28. The van der Waals surface area contributed by atoms with Gasteiger partial charge in [0, 0.05) is 22.8 Å². The zero-order valence-electron chi connectivity index (χ0n) is 9.18. The van der Waals surface area contributed by atoms with E-state index in [1.54, 1.807) is 11.3 Å². The number of anilines is 1. The number of para-hydroxylation sites is 1. The third-order valence-corrected chi connectivity index (χ3v) is 3.51. The Balaban J connectivity index is 2.17. The van der Waals surface area contributed by atoms with Crippen molar-refractivity contribution in [2.45, 2.75) is 12.5 Å². The number of nitrogen functional groups attached to an aromatic ring is 1. The van der Waals surface area contributed by atoms with Crippen molar-refractivity contribution in [2.24, 2.45) is 0 Å². The number of thiazole rings is 1. The van der Waals surface area contributed by atoms with Gasteiger partial charge in [-0.2, -0.15) is 0 Å². The molecule has 0 saturated carbocycles. The number of hydrogen-bond acceptors (Lipinski definition) is 4. The molecule has 2 aromatic rings. The van der Waals surface area contributed by atoms with Gasteiger partial charge in [-0.25, -0.2) is 0 Å². The Labute approximate surface area is 99.3 Å². The van der Waals surface area contributed by atoms with E-state index in [9.17, 15) is 0 Å². The minimum atomic E-state index is 0.289. The second-order valence-electron chi connectivity index (χ2n) is 3.65. The average molecular weight is 233 g/mol. The zero-order chi connectivity index (χ0) is 11.4. The van der Waals surface area contributed by atoms with Crippen molar-refractivity contribution < 1.29 is 0 Å². The maximum Gasteiger partial charge on any atom is 0.0794 e. The second-order valence-corrected chi connectivity index (χ2v) is 4.57. The van der Waals surface area contributed by atoms with Crippen LogP contribution >= 0.6 is 11.3 Å². The fraction of sp³-hybridized carbons (Fsp3) is 0.250. The molecule has 1 unspecified atom stereocenters. The number of aromatic nitrogens is 1. The molecule has 0 fully saturated rings. The summed E-state index contributed by atoms with van der Waals surface area (Å²) in [6.45, 7) is 0. The fourth-order valence-electron chi connectivity index (χ4n) is 1.68. The van der Waals surface area contributed by atoms with Crippen molar-refractivity contribution >= 4 is 17.0 Å². The number of likely N-dealkylation sites (N-methyl/N-ethyl adjacent to an activating group) is 1. The quantitative estimate of drug-likeness (QED) is 0.796. The number of nitrogens with zero attached hydrogens (tertiary/aromatic N) is 1. The Morgan fingerprint density at radius 3 is 2.88 bits per heavy atom. The summed E-state index contributed by atoms with van der Waals surface area (Å²) in [4.78, 5) is 5.34. The lowest BCUT2D eigenvalue weighted by Gasteiger charge is -2.15. The van der Waals surface area contributed by atoms with Gasteiger partial charge in [0.25, 0.3) is 0 Å². The third-order valence-electron chi connectivity index (χ3n) is 2.62. The smallest absolute Gasteiger partial charge is 0.0794 e. The lowest BCUT2D eigenvalue weighted by molar-refractivity contribution is 0.602. The van der Waals surface area contributed by atoms with Gasteiger partial charge in [-0.05, 0) is 25.1 Å². The van der Waals surface area contributed by atoms with Crippen molar-refractivity contribution in [1.29, 1.82) is 0 Å². The van der Waals surface area contributed by atoms with E-state index in [1.807, 2.05) is 37.0 Å². The number of nitrogens with one attached hydrogen (secondary N) is 1. The van der Waals surface area contributed by atoms with E-state index in [2.05, 4.69) is 16.4 Å². The summed E-state index contributed by atoms with van der Waals surface area (Å²) < 4.78 is 0. The van der Waals surface area contributed by atoms with Crippen LogP contribution in [0.2, 0.25) is 0 Å². The molecule has 0 saturated heterocycles. The maximum atomic E-state index is 5.94. The monoisotopic (exact) mass is 233 g/mol. The molecule has 0 radical (unpaired) electrons. The van der Waals surface area contributed by atoms with Crippen LogP contribution in [-0.2, 0) is 6.42 Å². The highest BCUT2D eigenvalue weighted by Crippen LogP contribution is 2.23. The molecule has 3 N–H and O–H groups in total. The Bertz CT molecular complexity index is 439. The molecule has 3 nitrogen and oxygen atoms in total. The lowest BCUT2D eigenvalue weighted by Crippen LogP contribution is -2.18. The first-order chi connectivity index (χ1) is 7.81. The van der Waals surface area contributed by atoms with Crippen LogP contribution in [0.5, 0.6) is 0 Å². The van der Waals surface area contributed by atoms with Crippen LogP contribution in [0.15, 0.2) is 36.0 Å². The fourth-order valence-corrected chi connectivity index (χ4v) is 2.41. The van der Waals surface area contributed by atoms with Crippen LogP contribution in [0.3, 0.4) is 0 Å². The van der Waals surface area contributed by atoms with E-state index in [0.717, 1.165) is 12.1 Å². The Hall–Kier alpha value is -1.39. The third kappa shape index (κ3) is 2.40. The van der Waals surface area contributed by atoms with E-state index >= 15 is 0 Å². The van der Waals surface area contributed by atoms with Crippen LogP contribution in [0.25, 0.3) is 0 Å². The van der Waals surface area contributed by atoms with Gasteiger partial charge in [0.15, 0.2) is 0 Å². The van der Waals surface area contributed by atoms with Crippen molar-refractivity contribution in [2.75, 3.05) is 12.8 Å². The molecule has 0 aliphatic rings. The summed E-state index contributed by atoms with van der Waals surface area (Å²) in [5.74, 6) is 0. The normalized spacial score (nSPS) is 12.6. The standard InChI is InChI=1S/C12H15N3S/c1-14-11(12-7-15-8-16-12)6-9-4-2-3-5-10(9)13/h2-5,7-8,11,14H,6,13H2,1H3. The molecule has 1 aromatic carbocycles. The maximum absolute atomic E-state index is 5.94. The Morgan fingerprint density at radius 1 is 1.44 bits per heavy atom. The number of benzene rings is 1. The molecule has 84 valence electrons. The molecule has 1 heterocycles. The molecular formula is C12H15N3S. The summed E-state index contributed by atoms with van der Waals surface area (Å²) in [5.41, 5.74) is 9.82. The van der Waals surface area contributed by atoms with Crippen molar-refractivity contribution in [1.82, 2.24) is 10.3 Å². The van der Waals surface area contributed by atoms with Crippen molar-refractivity contribution in [3.05, 3.63) is 46.4 Å². The molecule has 0 bridgehead atoms. The molecule has 4 heteroatoms. The number of hydrogen-bond donors (Lipinski definition) is 2. The molecule has 1 atom stereocenters. The van der Waals surface area contributed by atoms with E-state index in [1.165, 1.54) is 10.4 Å². The lowest BCUT2D eigenvalue weighted by atomic mass is 10.0. The second kappa shape index (κ2) is 5.09. The molecular weight excluding hydrogens is 218 g/mol. The molecule has 0 amide bonds. The van der Waals surface area contributed by atoms with Gasteiger partial charge in [0.2, 0.25) is 0 Å². The summed E-state index contributed by atoms with van der Waals surface area (Å²) in [5, 5.41) is 3.30. The first kappa shape index (κ1) is 11.1. The SMILES string of the molecule is CNC(Cc1ccccc1N)c1cncs1. The highest BCUT2D eigenvalue weighted by atomic mass is 32.1. The molecule has 1 aromatic heterocycles. The van der Waals surface area contributed by atoms with Crippen LogP contribution in [0.4, 0.5) is 5.69 Å². The van der Waals surface area contributed by atoms with Gasteiger partial charge in [-0.3, -0.25) is 4.98 Å². The van der Waals surface area contributed by atoms with Crippen molar-refractivity contribution in [3.8, 4) is 0 Å². The van der Waals surface area contributed by atoms with E-state index < -0.39 is 0 Å². The van der Waals surface area contributed by atoms with Gasteiger partial charge in [-0.1, -0.05) is 18.2 Å². The predicted octanol–water partition coefficient (Wildman–Crippen LogP) is 2.23. The highest BCUT2D eigenvalue weighted by molar-refractivity contribution is 7.09. The Kier molecular flexibility index (Phi) is 3.54. The molecule has 0 spiro atoms. The van der Waals surface area contributed by atoms with Crippen LogP contribution in [0.1, 0.15) is 16.5 Å². The first-order valence-electron chi connectivity index (χ1n) is 5.20. The van der Waals surface area contributed by atoms with Crippen LogP contribution in [-0.4, -0.2) is 12.0 Å². The summed E-state index contributed by atoms with van der Waals surface area (Å²) in [6.07, 6.45) is 2.80. The molecule has 16 heavy (non-hydrogen) atoms. The highest BCUT2D eigenvalue weighted by Gasteiger charge is 2.12. The van der Waals surface area contributed by atoms with E-state index in [0.29, 0.717) is 0 Å². The van der Waals surface area contributed by atoms with Crippen LogP contribution in [0, 0.1) is 0 Å². The van der Waals surface area contributed by atoms with E-state index in [-0.39, 0.29) is 6.04 Å². The minimum Gasteiger partial charge on any atom is -0.399 e. The summed E-state index contributed by atoms with van der Waals surface area (Å²) >= 11 is 1.67. The van der Waals surface area contributed by atoms with Crippen LogP contribution < -0.4 is 11.1 Å². The molecule has 0 aliphatic carbocycles. The average Bonchev–Trinajstić information content (AvgIpc) is 2.81. The largest absolute Gasteiger partial charge is 0.399 e. The van der Waals surface area contributed by atoms with Crippen molar-refractivity contribution in [3.63, 3.8) is 0 Å². The van der Waals surface area contributed by atoms with Gasteiger partial charge in [0.1, 0.15) is 0 Å².